The van der Waals surface area contributed by atoms with E-state index in [1.165, 1.54) is 7.05 Å². The molecule has 1 rings (SSSR count). The highest BCUT2D eigenvalue weighted by Crippen LogP contribution is 2.02. The minimum absolute atomic E-state index is 0.0306. The monoisotopic (exact) mass is 171 g/mol. The molecule has 0 radical (unpaired) electrons. The van der Waals surface area contributed by atoms with E-state index in [4.69, 9.17) is 11.6 Å². The number of hydrogen-bond acceptors (Lipinski definition) is 5. The van der Waals surface area contributed by atoms with Crippen LogP contribution in [-0.2, 0) is 7.05 Å². The summed E-state index contributed by atoms with van der Waals surface area (Å²) in [7, 11) is 1.32. The Kier molecular flexibility index (Phi) is 1.88. The molecule has 1 aromatic heterocycles. The number of rotatable bonds is 1. The highest BCUT2D eigenvalue weighted by atomic mass is 16.2. The van der Waals surface area contributed by atoms with Crippen molar-refractivity contribution in [3.8, 4) is 0 Å². The van der Waals surface area contributed by atoms with Crippen molar-refractivity contribution in [1.29, 1.82) is 0 Å². The molecule has 0 atom stereocenters. The van der Waals surface area contributed by atoms with Crippen LogP contribution in [0, 0.1) is 0 Å². The molecular weight excluding hydrogens is 162 g/mol. The molecule has 1 aromatic rings. The standard InChI is InChI=1S/C5H9N5O2/c1-10-4(11)2(6)3(9-7)8-5(10)12/h9H,6-7H2,1H3,(H,8,12). The van der Waals surface area contributed by atoms with Gasteiger partial charge in [0, 0.05) is 7.05 Å². The maximum Gasteiger partial charge on any atom is 0.329 e. The second kappa shape index (κ2) is 2.70. The maximum atomic E-state index is 11.1. The van der Waals surface area contributed by atoms with Crippen LogP contribution in [0.2, 0.25) is 0 Å². The third-order valence-electron chi connectivity index (χ3n) is 1.49. The van der Waals surface area contributed by atoms with Crippen molar-refractivity contribution >= 4 is 11.5 Å². The van der Waals surface area contributed by atoms with Crippen molar-refractivity contribution < 1.29 is 0 Å². The largest absolute Gasteiger partial charge is 0.391 e. The lowest BCUT2D eigenvalue weighted by molar-refractivity contribution is 0.781. The molecular formula is C5H9N5O2. The summed E-state index contributed by atoms with van der Waals surface area (Å²) in [4.78, 5) is 24.3. The van der Waals surface area contributed by atoms with Gasteiger partial charge in [-0.25, -0.2) is 10.6 Å². The van der Waals surface area contributed by atoms with Crippen LogP contribution in [-0.4, -0.2) is 9.55 Å². The fourth-order valence-corrected chi connectivity index (χ4v) is 0.752. The second-order valence-corrected chi connectivity index (χ2v) is 2.23. The van der Waals surface area contributed by atoms with Crippen LogP contribution >= 0.6 is 0 Å². The molecule has 0 aliphatic heterocycles. The summed E-state index contributed by atoms with van der Waals surface area (Å²) >= 11 is 0. The first-order valence-corrected chi connectivity index (χ1v) is 3.13. The Bertz CT molecular complexity index is 403. The van der Waals surface area contributed by atoms with Gasteiger partial charge in [-0.05, 0) is 0 Å². The van der Waals surface area contributed by atoms with Gasteiger partial charge in [-0.1, -0.05) is 0 Å². The molecule has 0 aromatic carbocycles. The van der Waals surface area contributed by atoms with Gasteiger partial charge in [0.25, 0.3) is 5.56 Å². The average Bonchev–Trinajstić information content (AvgIpc) is 2.08. The van der Waals surface area contributed by atoms with Crippen LogP contribution in [0.3, 0.4) is 0 Å². The fraction of sp³-hybridized carbons (Fsp3) is 0.200. The summed E-state index contributed by atoms with van der Waals surface area (Å²) in [5.41, 5.74) is 6.17. The summed E-state index contributed by atoms with van der Waals surface area (Å²) in [5, 5.41) is 0. The lowest BCUT2D eigenvalue weighted by Gasteiger charge is -2.04. The molecule has 7 heteroatoms. The Hall–Kier alpha value is -1.76. The van der Waals surface area contributed by atoms with Gasteiger partial charge in [-0.2, -0.15) is 0 Å². The van der Waals surface area contributed by atoms with E-state index in [1.54, 1.807) is 0 Å². The van der Waals surface area contributed by atoms with E-state index < -0.39 is 11.2 Å². The smallest absolute Gasteiger partial charge is 0.329 e. The van der Waals surface area contributed by atoms with E-state index in [0.717, 1.165) is 4.57 Å². The van der Waals surface area contributed by atoms with E-state index in [9.17, 15) is 9.59 Å². The van der Waals surface area contributed by atoms with Gasteiger partial charge < -0.3 is 11.2 Å². The Morgan fingerprint density at radius 1 is 1.50 bits per heavy atom. The number of H-pyrrole nitrogens is 1. The van der Waals surface area contributed by atoms with Crippen LogP contribution in [0.4, 0.5) is 11.5 Å². The van der Waals surface area contributed by atoms with E-state index in [-0.39, 0.29) is 11.5 Å². The molecule has 6 N–H and O–H groups in total. The Labute approximate surface area is 67.0 Å². The molecule has 0 aliphatic carbocycles. The lowest BCUT2D eigenvalue weighted by Crippen LogP contribution is -2.35. The number of hydrogen-bond donors (Lipinski definition) is 4. The predicted molar refractivity (Wildman–Crippen MR) is 44.5 cm³/mol. The number of aromatic amines is 1. The first kappa shape index (κ1) is 8.34. The molecule has 1 heterocycles. The summed E-state index contributed by atoms with van der Waals surface area (Å²) < 4.78 is 0.857. The highest BCUT2D eigenvalue weighted by Gasteiger charge is 2.06. The van der Waals surface area contributed by atoms with E-state index in [0.29, 0.717) is 0 Å². The molecule has 0 saturated carbocycles. The normalized spacial score (nSPS) is 9.83. The predicted octanol–water partition coefficient (Wildman–Crippen LogP) is -2.06. The lowest BCUT2D eigenvalue weighted by atomic mass is 10.5. The van der Waals surface area contributed by atoms with Gasteiger partial charge in [-0.3, -0.25) is 14.3 Å². The maximum absolute atomic E-state index is 11.1. The molecule has 0 spiro atoms. The summed E-state index contributed by atoms with van der Waals surface area (Å²) in [5.74, 6) is 5.02. The van der Waals surface area contributed by atoms with Gasteiger partial charge >= 0.3 is 5.69 Å². The van der Waals surface area contributed by atoms with Crippen molar-refractivity contribution in [2.75, 3.05) is 11.2 Å². The van der Waals surface area contributed by atoms with E-state index in [2.05, 4.69) is 10.4 Å². The van der Waals surface area contributed by atoms with Gasteiger partial charge in [0.2, 0.25) is 0 Å². The van der Waals surface area contributed by atoms with Crippen LogP contribution in [0.5, 0.6) is 0 Å². The summed E-state index contributed by atoms with van der Waals surface area (Å²) in [6.07, 6.45) is 0. The Balaban J connectivity index is 3.61. The molecule has 0 bridgehead atoms. The number of nitrogens with zero attached hydrogens (tertiary/aromatic N) is 1. The first-order chi connectivity index (χ1) is 5.57. The minimum atomic E-state index is -0.577. The van der Waals surface area contributed by atoms with Crippen LogP contribution in [0.15, 0.2) is 9.59 Å². The molecule has 0 unspecified atom stereocenters. The molecule has 0 aliphatic rings. The van der Waals surface area contributed by atoms with Crippen LogP contribution in [0.1, 0.15) is 0 Å². The van der Waals surface area contributed by atoms with Crippen molar-refractivity contribution in [2.24, 2.45) is 12.9 Å². The molecule has 0 amide bonds. The molecule has 0 saturated heterocycles. The molecule has 66 valence electrons. The molecule has 7 nitrogen and oxygen atoms in total. The zero-order valence-corrected chi connectivity index (χ0v) is 6.42. The number of nitrogens with two attached hydrogens (primary N) is 2. The third kappa shape index (κ3) is 1.05. The van der Waals surface area contributed by atoms with Crippen molar-refractivity contribution in [2.45, 2.75) is 0 Å². The Morgan fingerprint density at radius 3 is 2.58 bits per heavy atom. The minimum Gasteiger partial charge on any atom is -0.391 e. The molecule has 12 heavy (non-hydrogen) atoms. The topological polar surface area (TPSA) is 119 Å². The quantitative estimate of drug-likeness (QED) is 0.286. The van der Waals surface area contributed by atoms with Crippen molar-refractivity contribution in [1.82, 2.24) is 9.55 Å². The third-order valence-corrected chi connectivity index (χ3v) is 1.49. The summed E-state index contributed by atoms with van der Waals surface area (Å²) in [6, 6.07) is 0. The molecule has 0 fully saturated rings. The number of nitrogens with one attached hydrogen (secondary N) is 2. The van der Waals surface area contributed by atoms with Gasteiger partial charge in [-0.15, -0.1) is 0 Å². The van der Waals surface area contributed by atoms with Gasteiger partial charge in [0.1, 0.15) is 5.69 Å². The van der Waals surface area contributed by atoms with Crippen molar-refractivity contribution in [3.05, 3.63) is 20.8 Å². The second-order valence-electron chi connectivity index (χ2n) is 2.23. The van der Waals surface area contributed by atoms with Crippen molar-refractivity contribution in [3.63, 3.8) is 0 Å². The number of aromatic nitrogens is 2. The van der Waals surface area contributed by atoms with Gasteiger partial charge in [0.15, 0.2) is 5.82 Å². The van der Waals surface area contributed by atoms with Crippen LogP contribution in [0.25, 0.3) is 0 Å². The number of hydrazine groups is 1. The first-order valence-electron chi connectivity index (χ1n) is 3.13. The highest BCUT2D eigenvalue weighted by molar-refractivity contribution is 5.58. The zero-order chi connectivity index (χ0) is 9.30. The number of nitrogen functional groups attached to an aromatic ring is 2. The Morgan fingerprint density at radius 2 is 2.08 bits per heavy atom. The summed E-state index contributed by atoms with van der Waals surface area (Å²) in [6.45, 7) is 0. The van der Waals surface area contributed by atoms with E-state index >= 15 is 0 Å². The number of anilines is 2. The zero-order valence-electron chi connectivity index (χ0n) is 6.42. The fourth-order valence-electron chi connectivity index (χ4n) is 0.752. The van der Waals surface area contributed by atoms with Crippen LogP contribution < -0.4 is 28.3 Å². The average molecular weight is 171 g/mol. The van der Waals surface area contributed by atoms with Gasteiger partial charge in [0.05, 0.1) is 0 Å². The van der Waals surface area contributed by atoms with E-state index in [1.807, 2.05) is 0 Å². The SMILES string of the molecule is Cn1c(=O)[nH]c(NN)c(N)c1=O.